The van der Waals surface area contributed by atoms with Crippen molar-refractivity contribution in [1.82, 2.24) is 15.1 Å². The topological polar surface area (TPSA) is 46.9 Å². The Bertz CT molecular complexity index is 809. The number of hydrogen-bond acceptors (Lipinski definition) is 2. The second-order valence-corrected chi connectivity index (χ2v) is 5.89. The zero-order valence-electron chi connectivity index (χ0n) is 13.9. The van der Waals surface area contributed by atoms with E-state index in [0.29, 0.717) is 5.56 Å². The number of carbonyl (C=O) groups excluding carboxylic acids is 1. The Kier molecular flexibility index (Phi) is 4.75. The predicted molar refractivity (Wildman–Crippen MR) is 94.7 cm³/mol. The minimum atomic E-state index is -0.0922. The van der Waals surface area contributed by atoms with Crippen molar-refractivity contribution in [1.29, 1.82) is 0 Å². The number of carbonyl (C=O) groups is 1. The lowest BCUT2D eigenvalue weighted by Crippen LogP contribution is -2.30. The van der Waals surface area contributed by atoms with E-state index in [1.807, 2.05) is 62.5 Å². The van der Waals surface area contributed by atoms with E-state index in [4.69, 9.17) is 0 Å². The van der Waals surface area contributed by atoms with Gasteiger partial charge in [0.15, 0.2) is 0 Å². The van der Waals surface area contributed by atoms with Crippen LogP contribution < -0.4 is 5.32 Å². The smallest absolute Gasteiger partial charge is 0.255 e. The molecule has 0 aliphatic rings. The fourth-order valence-electron chi connectivity index (χ4n) is 2.74. The molecule has 4 nitrogen and oxygen atoms in total. The summed E-state index contributed by atoms with van der Waals surface area (Å²) in [6, 6.07) is 20.2. The van der Waals surface area contributed by atoms with Crippen LogP contribution in [0.2, 0.25) is 0 Å². The number of hydrogen-bond donors (Lipinski definition) is 1. The van der Waals surface area contributed by atoms with Gasteiger partial charge >= 0.3 is 0 Å². The van der Waals surface area contributed by atoms with Crippen molar-refractivity contribution in [3.05, 3.63) is 89.2 Å². The third-order valence-corrected chi connectivity index (χ3v) is 4.27. The van der Waals surface area contributed by atoms with E-state index in [2.05, 4.69) is 22.5 Å². The summed E-state index contributed by atoms with van der Waals surface area (Å²) in [5.41, 5.74) is 3.76. The summed E-state index contributed by atoms with van der Waals surface area (Å²) in [6.45, 7) is 1.90. The van der Waals surface area contributed by atoms with E-state index in [9.17, 15) is 4.79 Å². The van der Waals surface area contributed by atoms with E-state index >= 15 is 0 Å². The molecule has 2 aromatic carbocycles. The molecule has 0 bridgehead atoms. The Morgan fingerprint density at radius 3 is 2.29 bits per heavy atom. The van der Waals surface area contributed by atoms with Crippen molar-refractivity contribution < 1.29 is 4.79 Å². The Balaban J connectivity index is 1.85. The zero-order chi connectivity index (χ0) is 16.9. The first-order chi connectivity index (χ1) is 11.6. The predicted octanol–water partition coefficient (Wildman–Crippen LogP) is 3.44. The lowest BCUT2D eigenvalue weighted by atomic mass is 9.98. The number of nitrogens with zero attached hydrogens (tertiary/aromatic N) is 2. The minimum absolute atomic E-state index is 0.0827. The molecule has 4 heteroatoms. The normalized spacial score (nSPS) is 11.9. The molecule has 3 aromatic rings. The van der Waals surface area contributed by atoms with Gasteiger partial charge in [-0.15, -0.1) is 0 Å². The number of nitrogens with one attached hydrogen (secondary N) is 1. The van der Waals surface area contributed by atoms with Crippen molar-refractivity contribution in [3.8, 4) is 0 Å². The highest BCUT2D eigenvalue weighted by molar-refractivity contribution is 5.95. The summed E-state index contributed by atoms with van der Waals surface area (Å²) in [7, 11) is 1.84. The molecule has 0 spiro atoms. The van der Waals surface area contributed by atoms with Crippen molar-refractivity contribution in [3.63, 3.8) is 0 Å². The molecule has 1 atom stereocenters. The average molecular weight is 319 g/mol. The maximum atomic E-state index is 12.7. The molecule has 122 valence electrons. The van der Waals surface area contributed by atoms with Gasteiger partial charge in [-0.05, 0) is 24.5 Å². The van der Waals surface area contributed by atoms with Crippen molar-refractivity contribution in [2.45, 2.75) is 19.4 Å². The quantitative estimate of drug-likeness (QED) is 0.783. The van der Waals surface area contributed by atoms with Crippen LogP contribution in [0.15, 0.2) is 66.9 Å². The molecule has 0 saturated heterocycles. The maximum absolute atomic E-state index is 12.7. The first kappa shape index (κ1) is 16.0. The first-order valence-corrected chi connectivity index (χ1v) is 8.03. The summed E-state index contributed by atoms with van der Waals surface area (Å²) >= 11 is 0. The largest absolute Gasteiger partial charge is 0.345 e. The van der Waals surface area contributed by atoms with Gasteiger partial charge in [0.25, 0.3) is 5.91 Å². The summed E-state index contributed by atoms with van der Waals surface area (Å²) in [6.07, 6.45) is 2.37. The molecule has 3 rings (SSSR count). The first-order valence-electron chi connectivity index (χ1n) is 8.03. The van der Waals surface area contributed by atoms with Crippen molar-refractivity contribution in [2.75, 3.05) is 0 Å². The van der Waals surface area contributed by atoms with Gasteiger partial charge in [-0.2, -0.15) is 5.10 Å². The lowest BCUT2D eigenvalue weighted by Gasteiger charge is -2.19. The second kappa shape index (κ2) is 7.13. The van der Waals surface area contributed by atoms with Crippen molar-refractivity contribution in [2.24, 2.45) is 7.05 Å². The van der Waals surface area contributed by atoms with Crippen LogP contribution in [0.4, 0.5) is 0 Å². The van der Waals surface area contributed by atoms with Gasteiger partial charge in [0.05, 0.1) is 17.8 Å². The van der Waals surface area contributed by atoms with Crippen LogP contribution in [0.5, 0.6) is 0 Å². The van der Waals surface area contributed by atoms with Gasteiger partial charge in [0.1, 0.15) is 0 Å². The number of benzene rings is 2. The number of aryl methyl sites for hydroxylation is 1. The van der Waals surface area contributed by atoms with Crippen LogP contribution in [0, 0.1) is 6.92 Å². The lowest BCUT2D eigenvalue weighted by molar-refractivity contribution is 0.0935. The van der Waals surface area contributed by atoms with Gasteiger partial charge in [-0.1, -0.05) is 60.7 Å². The summed E-state index contributed by atoms with van der Waals surface area (Å²) < 4.78 is 1.71. The Morgan fingerprint density at radius 1 is 1.08 bits per heavy atom. The highest BCUT2D eigenvalue weighted by atomic mass is 16.1. The highest BCUT2D eigenvalue weighted by Crippen LogP contribution is 2.19. The molecule has 0 saturated carbocycles. The highest BCUT2D eigenvalue weighted by Gasteiger charge is 2.19. The Hall–Kier alpha value is -2.88. The minimum Gasteiger partial charge on any atom is -0.345 e. The van der Waals surface area contributed by atoms with Gasteiger partial charge < -0.3 is 5.32 Å². The zero-order valence-corrected chi connectivity index (χ0v) is 13.9. The number of aromatic nitrogens is 2. The van der Waals surface area contributed by atoms with Gasteiger partial charge in [-0.3, -0.25) is 9.48 Å². The molecular formula is C20H21N3O. The third kappa shape index (κ3) is 3.54. The van der Waals surface area contributed by atoms with E-state index in [1.165, 1.54) is 5.56 Å². The fourth-order valence-corrected chi connectivity index (χ4v) is 2.74. The monoisotopic (exact) mass is 319 g/mol. The SMILES string of the molecule is Cc1c(C(=O)N[C@H](Cc2ccccc2)c2ccccc2)cnn1C. The Labute approximate surface area is 142 Å². The molecule has 0 fully saturated rings. The molecule has 0 aliphatic carbocycles. The fraction of sp³-hybridized carbons (Fsp3) is 0.200. The summed E-state index contributed by atoms with van der Waals surface area (Å²) in [4.78, 5) is 12.7. The Morgan fingerprint density at radius 2 is 1.71 bits per heavy atom. The second-order valence-electron chi connectivity index (χ2n) is 5.89. The van der Waals surface area contributed by atoms with Crippen molar-refractivity contribution >= 4 is 5.91 Å². The molecular weight excluding hydrogens is 298 g/mol. The third-order valence-electron chi connectivity index (χ3n) is 4.27. The van der Waals surface area contributed by atoms with E-state index < -0.39 is 0 Å². The van der Waals surface area contributed by atoms with Crippen LogP contribution in [0.3, 0.4) is 0 Å². The van der Waals surface area contributed by atoms with E-state index in [1.54, 1.807) is 10.9 Å². The molecule has 1 aromatic heterocycles. The maximum Gasteiger partial charge on any atom is 0.255 e. The molecule has 1 heterocycles. The standard InChI is InChI=1S/C20H21N3O/c1-15-18(14-21-23(15)2)20(24)22-19(17-11-7-4-8-12-17)13-16-9-5-3-6-10-16/h3-12,14,19H,13H2,1-2H3,(H,22,24)/t19-/m1/s1. The molecule has 0 radical (unpaired) electrons. The molecule has 1 amide bonds. The number of rotatable bonds is 5. The molecule has 0 aliphatic heterocycles. The van der Waals surface area contributed by atoms with E-state index in [-0.39, 0.29) is 11.9 Å². The van der Waals surface area contributed by atoms with Gasteiger partial charge in [0.2, 0.25) is 0 Å². The van der Waals surface area contributed by atoms with Crippen LogP contribution in [0.1, 0.15) is 33.2 Å². The molecule has 24 heavy (non-hydrogen) atoms. The van der Waals surface area contributed by atoms with Gasteiger partial charge in [-0.25, -0.2) is 0 Å². The molecule has 0 unspecified atom stereocenters. The summed E-state index contributed by atoms with van der Waals surface area (Å²) in [5, 5.41) is 7.32. The summed E-state index contributed by atoms with van der Waals surface area (Å²) in [5.74, 6) is -0.0922. The average Bonchev–Trinajstić information content (AvgIpc) is 2.95. The van der Waals surface area contributed by atoms with Crippen LogP contribution >= 0.6 is 0 Å². The number of amides is 1. The van der Waals surface area contributed by atoms with E-state index in [0.717, 1.165) is 17.7 Å². The van der Waals surface area contributed by atoms with Crippen LogP contribution in [-0.2, 0) is 13.5 Å². The van der Waals surface area contributed by atoms with Crippen LogP contribution in [-0.4, -0.2) is 15.7 Å². The molecule has 1 N–H and O–H groups in total. The van der Waals surface area contributed by atoms with Gasteiger partial charge in [0, 0.05) is 12.7 Å². The van der Waals surface area contributed by atoms with Crippen LogP contribution in [0.25, 0.3) is 0 Å².